The van der Waals surface area contributed by atoms with E-state index in [1.165, 1.54) is 115 Å². The molecular formula is C58H38. The first-order valence-electron chi connectivity index (χ1n) is 20.3. The van der Waals surface area contributed by atoms with Crippen molar-refractivity contribution in [2.75, 3.05) is 0 Å². The summed E-state index contributed by atoms with van der Waals surface area (Å²) in [6.07, 6.45) is 0. The fourth-order valence-corrected chi connectivity index (χ4v) is 10.1. The van der Waals surface area contributed by atoms with Crippen LogP contribution in [0, 0.1) is 0 Å². The van der Waals surface area contributed by atoms with E-state index in [9.17, 15) is 0 Å². The smallest absolute Gasteiger partial charge is 0.0435 e. The molecule has 0 N–H and O–H groups in total. The highest BCUT2D eigenvalue weighted by atomic mass is 14.4. The zero-order valence-corrected chi connectivity index (χ0v) is 32.2. The molecule has 0 amide bonds. The van der Waals surface area contributed by atoms with E-state index in [4.69, 9.17) is 0 Å². The second-order valence-corrected chi connectivity index (χ2v) is 16.2. The van der Waals surface area contributed by atoms with Gasteiger partial charge in [-0.3, -0.25) is 0 Å². The van der Waals surface area contributed by atoms with Crippen molar-refractivity contribution in [2.24, 2.45) is 0 Å². The molecule has 11 aromatic rings. The Bertz CT molecular complexity index is 3380. The molecule has 1 atom stereocenters. The zero-order chi connectivity index (χ0) is 38.4. The van der Waals surface area contributed by atoms with Gasteiger partial charge in [0.1, 0.15) is 0 Å². The van der Waals surface area contributed by atoms with Gasteiger partial charge < -0.3 is 0 Å². The third kappa shape index (κ3) is 4.88. The zero-order valence-electron chi connectivity index (χ0n) is 32.2. The summed E-state index contributed by atoms with van der Waals surface area (Å²) in [6, 6.07) is 79.3. The Morgan fingerprint density at radius 2 is 0.759 bits per heavy atom. The number of benzene rings is 11. The van der Waals surface area contributed by atoms with Crippen molar-refractivity contribution in [2.45, 2.75) is 12.3 Å². The van der Waals surface area contributed by atoms with E-state index in [0.717, 1.165) is 0 Å². The van der Waals surface area contributed by atoms with Crippen molar-refractivity contribution in [1.29, 1.82) is 0 Å². The van der Waals surface area contributed by atoms with Crippen LogP contribution in [0.3, 0.4) is 0 Å². The van der Waals surface area contributed by atoms with E-state index in [1.807, 2.05) is 0 Å². The Labute approximate surface area is 338 Å². The van der Waals surface area contributed by atoms with Gasteiger partial charge in [0.2, 0.25) is 0 Å². The van der Waals surface area contributed by atoms with E-state index in [2.05, 4.69) is 219 Å². The average molecular weight is 735 g/mol. The summed E-state index contributed by atoms with van der Waals surface area (Å²) >= 11 is 0. The Morgan fingerprint density at radius 3 is 1.41 bits per heavy atom. The first-order chi connectivity index (χ1) is 28.6. The summed E-state index contributed by atoms with van der Waals surface area (Å²) in [4.78, 5) is 0. The predicted molar refractivity (Wildman–Crippen MR) is 247 cm³/mol. The van der Waals surface area contributed by atoms with Crippen LogP contribution in [-0.4, -0.2) is 0 Å². The molecular weight excluding hydrogens is 697 g/mol. The second kappa shape index (κ2) is 12.6. The second-order valence-electron chi connectivity index (χ2n) is 16.2. The van der Waals surface area contributed by atoms with E-state index < -0.39 is 0 Å². The van der Waals surface area contributed by atoms with Crippen LogP contribution in [0.2, 0.25) is 0 Å². The van der Waals surface area contributed by atoms with Crippen LogP contribution >= 0.6 is 0 Å². The molecule has 1 aliphatic carbocycles. The molecule has 0 spiro atoms. The molecule has 0 bridgehead atoms. The minimum atomic E-state index is -0.309. The van der Waals surface area contributed by atoms with Crippen LogP contribution in [-0.2, 0) is 5.41 Å². The lowest BCUT2D eigenvalue weighted by molar-refractivity contribution is 0.715. The Kier molecular flexibility index (Phi) is 7.16. The third-order valence-electron chi connectivity index (χ3n) is 13.1. The predicted octanol–water partition coefficient (Wildman–Crippen LogP) is 15.7. The quantitative estimate of drug-likeness (QED) is 0.154. The highest BCUT2D eigenvalue weighted by Crippen LogP contribution is 2.54. The molecule has 58 heavy (non-hydrogen) atoms. The minimum Gasteiger partial charge on any atom is -0.0622 e. The molecule has 0 aliphatic heterocycles. The van der Waals surface area contributed by atoms with Crippen molar-refractivity contribution < 1.29 is 0 Å². The summed E-state index contributed by atoms with van der Waals surface area (Å²) < 4.78 is 0. The summed E-state index contributed by atoms with van der Waals surface area (Å²) in [5.74, 6) is 0. The molecule has 0 saturated carbocycles. The molecule has 0 radical (unpaired) electrons. The van der Waals surface area contributed by atoms with Crippen LogP contribution in [0.1, 0.15) is 23.6 Å². The van der Waals surface area contributed by atoms with Gasteiger partial charge in [0.25, 0.3) is 0 Å². The Hall–Kier alpha value is -7.28. The van der Waals surface area contributed by atoms with E-state index >= 15 is 0 Å². The Morgan fingerprint density at radius 1 is 0.276 bits per heavy atom. The van der Waals surface area contributed by atoms with Crippen molar-refractivity contribution in [3.8, 4) is 55.6 Å². The van der Waals surface area contributed by atoms with Gasteiger partial charge in [-0.25, -0.2) is 0 Å². The maximum atomic E-state index is 2.48. The first kappa shape index (κ1) is 32.9. The summed E-state index contributed by atoms with van der Waals surface area (Å²) in [6.45, 7) is 2.42. The summed E-state index contributed by atoms with van der Waals surface area (Å²) in [7, 11) is 0. The van der Waals surface area contributed by atoms with Crippen molar-refractivity contribution in [1.82, 2.24) is 0 Å². The maximum Gasteiger partial charge on any atom is 0.0435 e. The fourth-order valence-electron chi connectivity index (χ4n) is 10.1. The first-order valence-corrected chi connectivity index (χ1v) is 20.3. The van der Waals surface area contributed by atoms with Gasteiger partial charge in [0, 0.05) is 5.41 Å². The number of hydrogen-bond acceptors (Lipinski definition) is 0. The molecule has 0 heterocycles. The molecule has 0 fully saturated rings. The number of fused-ring (bicyclic) bond motifs is 4. The fraction of sp³-hybridized carbons (Fsp3) is 0.0345. The van der Waals surface area contributed by atoms with Gasteiger partial charge in [-0.05, 0) is 159 Å². The highest BCUT2D eigenvalue weighted by Gasteiger charge is 2.41. The van der Waals surface area contributed by atoms with Crippen LogP contribution < -0.4 is 0 Å². The largest absolute Gasteiger partial charge is 0.0622 e. The lowest BCUT2D eigenvalue weighted by Gasteiger charge is -2.29. The van der Waals surface area contributed by atoms with Gasteiger partial charge in [-0.15, -0.1) is 0 Å². The lowest BCUT2D eigenvalue weighted by atomic mass is 9.73. The van der Waals surface area contributed by atoms with Gasteiger partial charge in [0.15, 0.2) is 0 Å². The topological polar surface area (TPSA) is 0 Å². The molecule has 1 unspecified atom stereocenters. The lowest BCUT2D eigenvalue weighted by Crippen LogP contribution is -2.22. The van der Waals surface area contributed by atoms with Gasteiger partial charge in [-0.2, -0.15) is 0 Å². The van der Waals surface area contributed by atoms with Crippen LogP contribution in [0.15, 0.2) is 212 Å². The van der Waals surface area contributed by atoms with Gasteiger partial charge in [0.05, 0.1) is 0 Å². The SMILES string of the molecule is CC1(c2ccccc2)c2cc(-c3cc(-c4ccccc4)cc(-c4ccc5ccc6c(-c7ccccc7)ccc7ccc4c5c76)c3)ccc2-c2cc3ccccc3cc21. The molecule has 0 aromatic heterocycles. The molecule has 12 rings (SSSR count). The number of rotatable bonds is 5. The van der Waals surface area contributed by atoms with E-state index in [-0.39, 0.29) is 5.41 Å². The van der Waals surface area contributed by atoms with E-state index in [0.29, 0.717) is 0 Å². The van der Waals surface area contributed by atoms with Crippen LogP contribution in [0.4, 0.5) is 0 Å². The Balaban J connectivity index is 1.08. The van der Waals surface area contributed by atoms with Gasteiger partial charge >= 0.3 is 0 Å². The molecule has 1 aliphatic rings. The average Bonchev–Trinajstić information content (AvgIpc) is 3.54. The number of hydrogen-bond donors (Lipinski definition) is 0. The summed E-state index contributed by atoms with van der Waals surface area (Å²) in [5, 5.41) is 10.3. The normalized spacial score (nSPS) is 14.7. The van der Waals surface area contributed by atoms with Gasteiger partial charge in [-0.1, -0.05) is 176 Å². The summed E-state index contributed by atoms with van der Waals surface area (Å²) in [5.41, 5.74) is 16.2. The van der Waals surface area contributed by atoms with Crippen molar-refractivity contribution >= 4 is 43.1 Å². The monoisotopic (exact) mass is 734 g/mol. The van der Waals surface area contributed by atoms with Crippen LogP contribution in [0.5, 0.6) is 0 Å². The highest BCUT2D eigenvalue weighted by molar-refractivity contribution is 6.27. The van der Waals surface area contributed by atoms with E-state index in [1.54, 1.807) is 0 Å². The molecule has 270 valence electrons. The molecule has 11 aromatic carbocycles. The minimum absolute atomic E-state index is 0.309. The molecule has 0 nitrogen and oxygen atoms in total. The maximum absolute atomic E-state index is 2.48. The third-order valence-corrected chi connectivity index (χ3v) is 13.1. The standard InChI is InChI=1S/C58H38/c1-58(47-19-9-4-10-20-47)54-36-43(25-28-50(54)53-34-41-17-11-12-18-42(41)35-55(53)58)45-31-44(37-13-5-2-6-14-37)32-46(33-45)49-27-22-40-23-29-51-48(38-15-7-3-8-16-38)26-21-39-24-30-52(49)57(40)56(39)51/h2-36H,1H3. The molecule has 0 heteroatoms. The molecule has 0 saturated heterocycles. The van der Waals surface area contributed by atoms with Crippen molar-refractivity contribution in [3.05, 3.63) is 229 Å². The van der Waals surface area contributed by atoms with Crippen molar-refractivity contribution in [3.63, 3.8) is 0 Å². The van der Waals surface area contributed by atoms with Crippen LogP contribution in [0.25, 0.3) is 98.7 Å².